The quantitative estimate of drug-likeness (QED) is 0.751. The fraction of sp³-hybridized carbons (Fsp3) is 0.429. The van der Waals surface area contributed by atoms with Gasteiger partial charge in [0.2, 0.25) is 0 Å². The zero-order valence-electron chi connectivity index (χ0n) is 15.5. The predicted molar refractivity (Wildman–Crippen MR) is 103 cm³/mol. The number of benzene rings is 2. The van der Waals surface area contributed by atoms with Crippen LogP contribution in [0.1, 0.15) is 40.3 Å². The largest absolute Gasteiger partial charge is 0.416 e. The fourth-order valence-electron chi connectivity index (χ4n) is 3.67. The summed E-state index contributed by atoms with van der Waals surface area (Å²) in [6, 6.07) is 9.44. The molecule has 1 aliphatic rings. The van der Waals surface area contributed by atoms with E-state index in [0.717, 1.165) is 55.4 Å². The highest BCUT2D eigenvalue weighted by Crippen LogP contribution is 2.39. The average molecular weight is 397 g/mol. The summed E-state index contributed by atoms with van der Waals surface area (Å²) in [6.45, 7) is 7.27. The maximum Gasteiger partial charge on any atom is 0.416 e. The molecule has 1 fully saturated rings. The molecule has 1 saturated heterocycles. The molecule has 0 bridgehead atoms. The molecule has 1 N–H and O–H groups in total. The van der Waals surface area contributed by atoms with Crippen LogP contribution >= 0.6 is 11.6 Å². The minimum Gasteiger partial charge on any atom is -0.315 e. The van der Waals surface area contributed by atoms with Crippen molar-refractivity contribution in [2.45, 2.75) is 32.5 Å². The van der Waals surface area contributed by atoms with Crippen LogP contribution in [0.4, 0.5) is 13.2 Å². The predicted octanol–water partition coefficient (Wildman–Crippen LogP) is 5.36. The van der Waals surface area contributed by atoms with Crippen LogP contribution in [-0.4, -0.2) is 31.1 Å². The summed E-state index contributed by atoms with van der Waals surface area (Å²) in [6.07, 6.45) is -3.45. The van der Waals surface area contributed by atoms with E-state index in [0.29, 0.717) is 10.6 Å². The third-order valence-electron chi connectivity index (χ3n) is 5.09. The summed E-state index contributed by atoms with van der Waals surface area (Å²) in [5.74, 6) is 0. The van der Waals surface area contributed by atoms with E-state index in [-0.39, 0.29) is 6.04 Å². The van der Waals surface area contributed by atoms with Crippen LogP contribution < -0.4 is 5.32 Å². The number of halogens is 4. The SMILES string of the molecule is Cc1ccc(C)c(C(c2cc(C(F)(F)F)ccc2Cl)N2CCCNCC2)c1. The second-order valence-corrected chi connectivity index (χ2v) is 7.54. The van der Waals surface area contributed by atoms with Gasteiger partial charge in [0, 0.05) is 24.7 Å². The van der Waals surface area contributed by atoms with Crippen LogP contribution in [-0.2, 0) is 6.18 Å². The van der Waals surface area contributed by atoms with Crippen LogP contribution in [0.3, 0.4) is 0 Å². The molecule has 2 aromatic carbocycles. The second-order valence-electron chi connectivity index (χ2n) is 7.14. The molecule has 0 aliphatic carbocycles. The first-order valence-electron chi connectivity index (χ1n) is 9.16. The number of hydrogen-bond donors (Lipinski definition) is 1. The Balaban J connectivity index is 2.16. The molecule has 146 valence electrons. The van der Waals surface area contributed by atoms with Crippen LogP contribution in [0.2, 0.25) is 5.02 Å². The maximum absolute atomic E-state index is 13.3. The Kier molecular flexibility index (Phi) is 6.14. The molecule has 3 rings (SSSR count). The molecule has 0 spiro atoms. The minimum atomic E-state index is -4.40. The van der Waals surface area contributed by atoms with Crippen LogP contribution in [0.15, 0.2) is 36.4 Å². The fourth-order valence-corrected chi connectivity index (χ4v) is 3.89. The molecular weight excluding hydrogens is 373 g/mol. The van der Waals surface area contributed by atoms with Gasteiger partial charge in [-0.25, -0.2) is 0 Å². The third kappa shape index (κ3) is 4.65. The van der Waals surface area contributed by atoms with Crippen molar-refractivity contribution in [3.05, 3.63) is 69.2 Å². The zero-order chi connectivity index (χ0) is 19.6. The summed E-state index contributed by atoms with van der Waals surface area (Å²) < 4.78 is 40.0. The van der Waals surface area contributed by atoms with Gasteiger partial charge in [0.05, 0.1) is 11.6 Å². The van der Waals surface area contributed by atoms with E-state index in [1.165, 1.54) is 12.1 Å². The van der Waals surface area contributed by atoms with Gasteiger partial charge in [-0.15, -0.1) is 0 Å². The topological polar surface area (TPSA) is 15.3 Å². The number of alkyl halides is 3. The second kappa shape index (κ2) is 8.21. The van der Waals surface area contributed by atoms with Crippen molar-refractivity contribution in [1.29, 1.82) is 0 Å². The van der Waals surface area contributed by atoms with E-state index in [2.05, 4.69) is 16.3 Å². The Hall–Kier alpha value is -1.56. The number of aryl methyl sites for hydroxylation is 2. The van der Waals surface area contributed by atoms with Crippen LogP contribution in [0.5, 0.6) is 0 Å². The van der Waals surface area contributed by atoms with Crippen molar-refractivity contribution in [3.63, 3.8) is 0 Å². The molecule has 1 unspecified atom stereocenters. The summed E-state index contributed by atoms with van der Waals surface area (Å²) >= 11 is 6.43. The van der Waals surface area contributed by atoms with Crippen LogP contribution in [0, 0.1) is 13.8 Å². The Morgan fingerprint density at radius 1 is 1.00 bits per heavy atom. The summed E-state index contributed by atoms with van der Waals surface area (Å²) in [5, 5.41) is 3.72. The van der Waals surface area contributed by atoms with E-state index in [1.54, 1.807) is 0 Å². The van der Waals surface area contributed by atoms with Gasteiger partial charge in [-0.05, 0) is 61.7 Å². The molecule has 1 atom stereocenters. The lowest BCUT2D eigenvalue weighted by Crippen LogP contribution is -2.33. The van der Waals surface area contributed by atoms with Gasteiger partial charge in [0.1, 0.15) is 0 Å². The van der Waals surface area contributed by atoms with Gasteiger partial charge in [-0.2, -0.15) is 13.2 Å². The highest BCUT2D eigenvalue weighted by molar-refractivity contribution is 6.31. The van der Waals surface area contributed by atoms with E-state index in [4.69, 9.17) is 11.6 Å². The van der Waals surface area contributed by atoms with E-state index < -0.39 is 11.7 Å². The lowest BCUT2D eigenvalue weighted by atomic mass is 9.91. The van der Waals surface area contributed by atoms with E-state index >= 15 is 0 Å². The lowest BCUT2D eigenvalue weighted by Gasteiger charge is -2.33. The van der Waals surface area contributed by atoms with Crippen molar-refractivity contribution in [1.82, 2.24) is 10.2 Å². The average Bonchev–Trinajstić information content (AvgIpc) is 2.88. The first-order chi connectivity index (χ1) is 12.8. The summed E-state index contributed by atoms with van der Waals surface area (Å²) in [7, 11) is 0. The van der Waals surface area contributed by atoms with Crippen molar-refractivity contribution in [2.75, 3.05) is 26.2 Å². The highest BCUT2D eigenvalue weighted by Gasteiger charge is 2.33. The number of nitrogens with zero attached hydrogens (tertiary/aromatic N) is 1. The van der Waals surface area contributed by atoms with Crippen molar-refractivity contribution < 1.29 is 13.2 Å². The monoisotopic (exact) mass is 396 g/mol. The maximum atomic E-state index is 13.3. The Morgan fingerprint density at radius 3 is 2.52 bits per heavy atom. The number of hydrogen-bond acceptors (Lipinski definition) is 2. The Morgan fingerprint density at radius 2 is 1.78 bits per heavy atom. The van der Waals surface area contributed by atoms with E-state index in [9.17, 15) is 13.2 Å². The Labute approximate surface area is 163 Å². The molecule has 0 saturated carbocycles. The van der Waals surface area contributed by atoms with Crippen molar-refractivity contribution in [3.8, 4) is 0 Å². The summed E-state index contributed by atoms with van der Waals surface area (Å²) in [5.41, 5.74) is 3.00. The summed E-state index contributed by atoms with van der Waals surface area (Å²) in [4.78, 5) is 2.24. The van der Waals surface area contributed by atoms with E-state index in [1.807, 2.05) is 26.0 Å². The van der Waals surface area contributed by atoms with Gasteiger partial charge < -0.3 is 5.32 Å². The van der Waals surface area contributed by atoms with Gasteiger partial charge >= 0.3 is 6.18 Å². The molecule has 27 heavy (non-hydrogen) atoms. The molecule has 0 radical (unpaired) electrons. The molecule has 0 amide bonds. The van der Waals surface area contributed by atoms with Gasteiger partial charge in [-0.3, -0.25) is 4.90 Å². The molecule has 6 heteroatoms. The van der Waals surface area contributed by atoms with Gasteiger partial charge in [-0.1, -0.05) is 35.4 Å². The Bertz CT molecular complexity index is 796. The standard InChI is InChI=1S/C21H24ClF3N2/c1-14-4-5-15(2)17(12-14)20(27-10-3-8-26-9-11-27)18-13-16(21(23,24)25)6-7-19(18)22/h4-7,12-13,20,26H,3,8-11H2,1-2H3. The first-order valence-corrected chi connectivity index (χ1v) is 9.54. The third-order valence-corrected chi connectivity index (χ3v) is 5.43. The van der Waals surface area contributed by atoms with Crippen LogP contribution in [0.25, 0.3) is 0 Å². The zero-order valence-corrected chi connectivity index (χ0v) is 16.3. The number of nitrogens with one attached hydrogen (secondary N) is 1. The normalized spacial score (nSPS) is 17.6. The molecule has 1 aliphatic heterocycles. The van der Waals surface area contributed by atoms with Gasteiger partial charge in [0.25, 0.3) is 0 Å². The van der Waals surface area contributed by atoms with Crippen molar-refractivity contribution in [2.24, 2.45) is 0 Å². The van der Waals surface area contributed by atoms with Crippen molar-refractivity contribution >= 4 is 11.6 Å². The van der Waals surface area contributed by atoms with Gasteiger partial charge in [0.15, 0.2) is 0 Å². The highest BCUT2D eigenvalue weighted by atomic mass is 35.5. The molecular formula is C21H24ClF3N2. The smallest absolute Gasteiger partial charge is 0.315 e. The molecule has 2 nitrogen and oxygen atoms in total. The first kappa shape index (κ1) is 20.2. The number of rotatable bonds is 3. The molecule has 2 aromatic rings. The molecule has 0 aromatic heterocycles. The minimum absolute atomic E-state index is 0.306. The molecule has 1 heterocycles. The lowest BCUT2D eigenvalue weighted by molar-refractivity contribution is -0.137.